The fraction of sp³-hybridized carbons (Fsp3) is 0.0714. The highest BCUT2D eigenvalue weighted by Crippen LogP contribution is 2.23. The van der Waals surface area contributed by atoms with Gasteiger partial charge in [0.2, 0.25) is 5.91 Å². The first kappa shape index (κ1) is 14.9. The highest BCUT2D eigenvalue weighted by Gasteiger charge is 2.15. The normalized spacial score (nSPS) is 10.6. The Hall–Kier alpha value is -3.07. The number of nitro groups is 1. The molecule has 0 spiro atoms. The van der Waals surface area contributed by atoms with Crippen molar-refractivity contribution in [3.8, 4) is 0 Å². The average molecular weight is 330 g/mol. The molecule has 3 rings (SSSR count). The zero-order valence-electron chi connectivity index (χ0n) is 11.6. The van der Waals surface area contributed by atoms with E-state index in [0.29, 0.717) is 10.2 Å². The number of para-hydroxylation sites is 2. The lowest BCUT2D eigenvalue weighted by atomic mass is 10.2. The predicted octanol–water partition coefficient (Wildman–Crippen LogP) is 2.00. The molecule has 0 saturated heterocycles. The van der Waals surface area contributed by atoms with Crippen molar-refractivity contribution in [3.63, 3.8) is 0 Å². The summed E-state index contributed by atoms with van der Waals surface area (Å²) < 4.78 is 1.17. The summed E-state index contributed by atoms with van der Waals surface area (Å²) in [6.45, 7) is -0.274. The summed E-state index contributed by atoms with van der Waals surface area (Å²) in [7, 11) is 0. The molecule has 3 aromatic rings. The number of nitro benzene ring substituents is 1. The van der Waals surface area contributed by atoms with Gasteiger partial charge in [-0.25, -0.2) is 4.98 Å². The van der Waals surface area contributed by atoms with E-state index in [1.54, 1.807) is 17.5 Å². The molecule has 0 aliphatic heterocycles. The van der Waals surface area contributed by atoms with Gasteiger partial charge in [-0.1, -0.05) is 12.1 Å². The zero-order chi connectivity index (χ0) is 16.4. The van der Waals surface area contributed by atoms with Gasteiger partial charge in [0.05, 0.1) is 16.6 Å². The summed E-state index contributed by atoms with van der Waals surface area (Å²) in [5, 5.41) is 15.6. The summed E-state index contributed by atoms with van der Waals surface area (Å²) in [4.78, 5) is 39.3. The van der Waals surface area contributed by atoms with Crippen LogP contribution in [0.2, 0.25) is 0 Å². The first-order valence-corrected chi connectivity index (χ1v) is 7.40. The second kappa shape index (κ2) is 5.97. The third-order valence-corrected chi connectivity index (χ3v) is 3.96. The molecule has 0 radical (unpaired) electrons. The number of nitrogens with one attached hydrogen (secondary N) is 1. The van der Waals surface area contributed by atoms with Gasteiger partial charge in [-0.2, -0.15) is 0 Å². The van der Waals surface area contributed by atoms with E-state index in [1.165, 1.54) is 40.4 Å². The molecule has 0 fully saturated rings. The van der Waals surface area contributed by atoms with Crippen LogP contribution in [0.3, 0.4) is 0 Å². The first-order valence-electron chi connectivity index (χ1n) is 6.52. The number of hydrogen-bond acceptors (Lipinski definition) is 6. The van der Waals surface area contributed by atoms with Crippen LogP contribution in [0.25, 0.3) is 10.2 Å². The van der Waals surface area contributed by atoms with E-state index in [1.807, 2.05) is 0 Å². The number of thiophene rings is 1. The lowest BCUT2D eigenvalue weighted by Crippen LogP contribution is -2.27. The Morgan fingerprint density at radius 2 is 2.13 bits per heavy atom. The summed E-state index contributed by atoms with van der Waals surface area (Å²) in [5.74, 6) is -0.544. The molecule has 0 saturated carbocycles. The van der Waals surface area contributed by atoms with E-state index >= 15 is 0 Å². The van der Waals surface area contributed by atoms with E-state index in [2.05, 4.69) is 10.3 Å². The molecule has 2 aromatic heterocycles. The second-order valence-corrected chi connectivity index (χ2v) is 5.53. The van der Waals surface area contributed by atoms with Gasteiger partial charge in [-0.3, -0.25) is 24.3 Å². The number of hydrogen-bond donors (Lipinski definition) is 1. The van der Waals surface area contributed by atoms with Gasteiger partial charge < -0.3 is 5.32 Å². The number of rotatable bonds is 4. The summed E-state index contributed by atoms with van der Waals surface area (Å²) in [5.41, 5.74) is -0.450. The van der Waals surface area contributed by atoms with E-state index < -0.39 is 10.8 Å². The minimum atomic E-state index is -0.583. The van der Waals surface area contributed by atoms with Crippen LogP contribution in [-0.4, -0.2) is 20.4 Å². The Morgan fingerprint density at radius 3 is 2.91 bits per heavy atom. The molecule has 0 unspecified atom stereocenters. The molecule has 0 aliphatic carbocycles. The number of carbonyl (C=O) groups is 1. The van der Waals surface area contributed by atoms with Crippen molar-refractivity contribution in [1.29, 1.82) is 0 Å². The van der Waals surface area contributed by atoms with Crippen LogP contribution in [0.1, 0.15) is 0 Å². The molecule has 116 valence electrons. The summed E-state index contributed by atoms with van der Waals surface area (Å²) in [6, 6.07) is 7.45. The van der Waals surface area contributed by atoms with E-state index in [0.717, 1.165) is 0 Å². The molecule has 0 bridgehead atoms. The number of anilines is 1. The monoisotopic (exact) mass is 330 g/mol. The molecule has 0 atom stereocenters. The van der Waals surface area contributed by atoms with Gasteiger partial charge in [0.25, 0.3) is 11.2 Å². The topological polar surface area (TPSA) is 107 Å². The van der Waals surface area contributed by atoms with Crippen LogP contribution in [0.15, 0.2) is 46.8 Å². The maximum atomic E-state index is 12.2. The molecule has 8 nitrogen and oxygen atoms in total. The largest absolute Gasteiger partial charge is 0.319 e. The first-order chi connectivity index (χ1) is 11.1. The maximum Gasteiger partial charge on any atom is 0.292 e. The number of benzene rings is 1. The Kier molecular flexibility index (Phi) is 3.85. The van der Waals surface area contributed by atoms with Crippen molar-refractivity contribution in [1.82, 2.24) is 9.55 Å². The van der Waals surface area contributed by atoms with Gasteiger partial charge >= 0.3 is 0 Å². The number of carbonyl (C=O) groups excluding carboxylic acids is 1. The Morgan fingerprint density at radius 1 is 1.35 bits per heavy atom. The standard InChI is InChI=1S/C14H10N4O4S/c19-12(16-10-3-1-2-4-11(10)18(21)22)7-17-8-15-13-9(14(17)20)5-6-23-13/h1-6,8H,7H2,(H,16,19). The van der Waals surface area contributed by atoms with Gasteiger partial charge in [0, 0.05) is 6.07 Å². The second-order valence-electron chi connectivity index (χ2n) is 4.64. The third kappa shape index (κ3) is 2.94. The Balaban J connectivity index is 1.83. The molecule has 23 heavy (non-hydrogen) atoms. The van der Waals surface area contributed by atoms with E-state index in [-0.39, 0.29) is 23.5 Å². The van der Waals surface area contributed by atoms with Gasteiger partial charge in [-0.15, -0.1) is 11.3 Å². The molecule has 1 aromatic carbocycles. The third-order valence-electron chi connectivity index (χ3n) is 3.14. The molecular formula is C14H10N4O4S. The van der Waals surface area contributed by atoms with Crippen LogP contribution in [0.5, 0.6) is 0 Å². The van der Waals surface area contributed by atoms with Crippen LogP contribution in [-0.2, 0) is 11.3 Å². The maximum absolute atomic E-state index is 12.2. The number of fused-ring (bicyclic) bond motifs is 1. The SMILES string of the molecule is O=C(Cn1cnc2sccc2c1=O)Nc1ccccc1[N+](=O)[O-]. The Bertz CT molecular complexity index is 963. The molecule has 9 heteroatoms. The summed E-state index contributed by atoms with van der Waals surface area (Å²) in [6.07, 6.45) is 1.29. The van der Waals surface area contributed by atoms with Crippen molar-refractivity contribution in [3.05, 3.63) is 62.5 Å². The van der Waals surface area contributed by atoms with Crippen molar-refractivity contribution >= 4 is 38.8 Å². The van der Waals surface area contributed by atoms with E-state index in [9.17, 15) is 19.7 Å². The Labute approximate surface area is 133 Å². The lowest BCUT2D eigenvalue weighted by molar-refractivity contribution is -0.383. The van der Waals surface area contributed by atoms with Crippen LogP contribution in [0.4, 0.5) is 11.4 Å². The van der Waals surface area contributed by atoms with Crippen molar-refractivity contribution in [2.24, 2.45) is 0 Å². The molecule has 1 N–H and O–H groups in total. The quantitative estimate of drug-likeness (QED) is 0.581. The molecule has 1 amide bonds. The highest BCUT2D eigenvalue weighted by atomic mass is 32.1. The molecule has 0 aliphatic rings. The number of amides is 1. The van der Waals surface area contributed by atoms with Crippen LogP contribution < -0.4 is 10.9 Å². The van der Waals surface area contributed by atoms with Crippen molar-refractivity contribution in [2.75, 3.05) is 5.32 Å². The highest BCUT2D eigenvalue weighted by molar-refractivity contribution is 7.16. The van der Waals surface area contributed by atoms with Gasteiger partial charge in [-0.05, 0) is 17.5 Å². The van der Waals surface area contributed by atoms with Crippen LogP contribution in [0, 0.1) is 10.1 Å². The zero-order valence-corrected chi connectivity index (χ0v) is 12.4. The number of aromatic nitrogens is 2. The van der Waals surface area contributed by atoms with Crippen molar-refractivity contribution < 1.29 is 9.72 Å². The summed E-state index contributed by atoms with van der Waals surface area (Å²) >= 11 is 1.34. The molecular weight excluding hydrogens is 320 g/mol. The fourth-order valence-electron chi connectivity index (χ4n) is 2.09. The smallest absolute Gasteiger partial charge is 0.292 e. The molecule has 2 heterocycles. The number of nitrogens with zero attached hydrogens (tertiary/aromatic N) is 3. The minimum Gasteiger partial charge on any atom is -0.319 e. The lowest BCUT2D eigenvalue weighted by Gasteiger charge is -2.07. The van der Waals surface area contributed by atoms with E-state index in [4.69, 9.17) is 0 Å². The minimum absolute atomic E-state index is 0.0834. The van der Waals surface area contributed by atoms with Gasteiger partial charge in [0.15, 0.2) is 0 Å². The van der Waals surface area contributed by atoms with Crippen molar-refractivity contribution in [2.45, 2.75) is 6.54 Å². The average Bonchev–Trinajstić information content (AvgIpc) is 3.00. The predicted molar refractivity (Wildman–Crippen MR) is 85.6 cm³/mol. The fourth-order valence-corrected chi connectivity index (χ4v) is 2.81. The van der Waals surface area contributed by atoms with Gasteiger partial charge in [0.1, 0.15) is 17.1 Å². The van der Waals surface area contributed by atoms with Crippen LogP contribution >= 0.6 is 11.3 Å².